The summed E-state index contributed by atoms with van der Waals surface area (Å²) in [7, 11) is 1.59. The number of carbonyl (C=O) groups is 2. The molecule has 1 heterocycles. The van der Waals surface area contributed by atoms with Crippen LogP contribution in [-0.4, -0.2) is 46.4 Å². The second kappa shape index (κ2) is 8.26. The third-order valence-corrected chi connectivity index (χ3v) is 5.05. The Morgan fingerprint density at radius 3 is 2.52 bits per heavy atom. The Morgan fingerprint density at radius 1 is 1.15 bits per heavy atom. The van der Waals surface area contributed by atoms with Crippen molar-refractivity contribution in [2.24, 2.45) is 0 Å². The van der Waals surface area contributed by atoms with Crippen LogP contribution < -0.4 is 5.32 Å². The lowest BCUT2D eigenvalue weighted by atomic mass is 10.1. The molecule has 0 bridgehead atoms. The van der Waals surface area contributed by atoms with E-state index in [1.807, 2.05) is 18.2 Å². The lowest BCUT2D eigenvalue weighted by Crippen LogP contribution is -2.39. The number of thiocarbonyl (C=S) groups is 1. The van der Waals surface area contributed by atoms with Crippen LogP contribution in [0, 0.1) is 5.82 Å². The summed E-state index contributed by atoms with van der Waals surface area (Å²) in [4.78, 5) is 28.0. The van der Waals surface area contributed by atoms with Gasteiger partial charge in [-0.3, -0.25) is 14.5 Å². The highest BCUT2D eigenvalue weighted by Gasteiger charge is 2.41. The van der Waals surface area contributed by atoms with E-state index in [1.54, 1.807) is 42.3 Å². The average Bonchev–Trinajstić information content (AvgIpc) is 2.86. The number of hydrogen-bond donors (Lipinski definition) is 1. The molecule has 5 nitrogen and oxygen atoms in total. The van der Waals surface area contributed by atoms with Crippen LogP contribution in [0.3, 0.4) is 0 Å². The minimum atomic E-state index is -0.682. The molecule has 1 saturated heterocycles. The van der Waals surface area contributed by atoms with Crippen molar-refractivity contribution in [3.63, 3.8) is 0 Å². The van der Waals surface area contributed by atoms with Gasteiger partial charge >= 0.3 is 0 Å². The summed E-state index contributed by atoms with van der Waals surface area (Å²) in [6, 6.07) is 14.9. The predicted octanol–water partition coefficient (Wildman–Crippen LogP) is 2.82. The van der Waals surface area contributed by atoms with Gasteiger partial charge in [0.15, 0.2) is 5.11 Å². The molecule has 3 rings (SSSR count). The summed E-state index contributed by atoms with van der Waals surface area (Å²) in [6.07, 6.45) is 0.375. The molecule has 1 fully saturated rings. The van der Waals surface area contributed by atoms with Gasteiger partial charge in [0.05, 0.1) is 6.42 Å². The monoisotopic (exact) mass is 385 g/mol. The highest BCUT2D eigenvalue weighted by atomic mass is 32.1. The minimum absolute atomic E-state index is 0.0184. The number of likely N-dealkylation sites (N-methyl/N-ethyl adjacent to an activating group) is 1. The average molecular weight is 385 g/mol. The van der Waals surface area contributed by atoms with Crippen LogP contribution in [0.25, 0.3) is 0 Å². The van der Waals surface area contributed by atoms with Crippen LogP contribution in [-0.2, 0) is 16.0 Å². The van der Waals surface area contributed by atoms with Crippen LogP contribution in [0.15, 0.2) is 54.6 Å². The summed E-state index contributed by atoms with van der Waals surface area (Å²) in [5, 5.41) is 3.14. The molecule has 0 aliphatic carbocycles. The largest absolute Gasteiger partial charge is 0.336 e. The molecule has 140 valence electrons. The van der Waals surface area contributed by atoms with Crippen LogP contribution in [0.5, 0.6) is 0 Å². The van der Waals surface area contributed by atoms with Gasteiger partial charge in [0, 0.05) is 19.3 Å². The topological polar surface area (TPSA) is 52.7 Å². The van der Waals surface area contributed by atoms with E-state index in [1.165, 1.54) is 11.0 Å². The van der Waals surface area contributed by atoms with Crippen molar-refractivity contribution >= 4 is 34.8 Å². The van der Waals surface area contributed by atoms with Crippen LogP contribution in [0.2, 0.25) is 0 Å². The standard InChI is InChI=1S/C20H20FN3O2S/c1-23-19(26)17(13-18(25)22-15-8-3-2-4-9-15)24(20(23)27)12-11-14-7-5-6-10-16(14)21/h2-10,17H,11-13H2,1H3,(H,22,25)/t17-/m1/s1. The lowest BCUT2D eigenvalue weighted by Gasteiger charge is -2.23. The van der Waals surface area contributed by atoms with Crippen molar-refractivity contribution in [1.82, 2.24) is 9.80 Å². The summed E-state index contributed by atoms with van der Waals surface area (Å²) in [5.41, 5.74) is 1.22. The number of carbonyl (C=O) groups excluding carboxylic acids is 2. The number of para-hydroxylation sites is 1. The third kappa shape index (κ3) is 4.31. The van der Waals surface area contributed by atoms with Crippen LogP contribution in [0.4, 0.5) is 10.1 Å². The summed E-state index contributed by atoms with van der Waals surface area (Å²) >= 11 is 5.35. The second-order valence-corrected chi connectivity index (χ2v) is 6.71. The van der Waals surface area contributed by atoms with Gasteiger partial charge in [0.25, 0.3) is 5.91 Å². The maximum atomic E-state index is 13.9. The van der Waals surface area contributed by atoms with Crippen molar-refractivity contribution in [1.29, 1.82) is 0 Å². The highest BCUT2D eigenvalue weighted by molar-refractivity contribution is 7.80. The predicted molar refractivity (Wildman–Crippen MR) is 106 cm³/mol. The summed E-state index contributed by atoms with van der Waals surface area (Å²) < 4.78 is 13.9. The zero-order chi connectivity index (χ0) is 19.4. The van der Waals surface area contributed by atoms with Crippen molar-refractivity contribution in [2.75, 3.05) is 18.9 Å². The lowest BCUT2D eigenvalue weighted by molar-refractivity contribution is -0.130. The van der Waals surface area contributed by atoms with E-state index < -0.39 is 6.04 Å². The van der Waals surface area contributed by atoms with Gasteiger partial charge in [0.2, 0.25) is 5.91 Å². The molecule has 1 N–H and O–H groups in total. The molecule has 27 heavy (non-hydrogen) atoms. The first-order valence-corrected chi connectivity index (χ1v) is 9.04. The fourth-order valence-corrected chi connectivity index (χ4v) is 3.39. The van der Waals surface area contributed by atoms with E-state index in [0.29, 0.717) is 29.3 Å². The smallest absolute Gasteiger partial charge is 0.251 e. The quantitative estimate of drug-likeness (QED) is 0.777. The van der Waals surface area contributed by atoms with Crippen LogP contribution in [0.1, 0.15) is 12.0 Å². The third-order valence-electron chi connectivity index (χ3n) is 4.54. The van der Waals surface area contributed by atoms with E-state index in [2.05, 4.69) is 5.32 Å². The molecule has 0 spiro atoms. The van der Waals surface area contributed by atoms with Crippen molar-refractivity contribution in [2.45, 2.75) is 18.9 Å². The molecule has 1 atom stereocenters. The molecule has 2 aromatic rings. The summed E-state index contributed by atoms with van der Waals surface area (Å²) in [5.74, 6) is -0.786. The number of benzene rings is 2. The first kappa shape index (κ1) is 19.0. The van der Waals surface area contributed by atoms with Crippen molar-refractivity contribution in [3.05, 3.63) is 66.0 Å². The molecule has 2 aromatic carbocycles. The molecular formula is C20H20FN3O2S. The fourth-order valence-electron chi connectivity index (χ4n) is 3.08. The molecule has 0 unspecified atom stereocenters. The summed E-state index contributed by atoms with van der Waals surface area (Å²) in [6.45, 7) is 0.360. The fraction of sp³-hybridized carbons (Fsp3) is 0.250. The molecule has 1 aliphatic heterocycles. The van der Waals surface area contributed by atoms with Gasteiger partial charge in [-0.2, -0.15) is 0 Å². The van der Waals surface area contributed by atoms with Gasteiger partial charge in [-0.05, 0) is 42.4 Å². The Balaban J connectivity index is 1.69. The van der Waals surface area contributed by atoms with Gasteiger partial charge < -0.3 is 10.2 Å². The number of anilines is 1. The van der Waals surface area contributed by atoms with E-state index in [-0.39, 0.29) is 24.1 Å². The molecular weight excluding hydrogens is 365 g/mol. The number of rotatable bonds is 6. The van der Waals surface area contributed by atoms with Crippen LogP contribution >= 0.6 is 12.2 Å². The molecule has 2 amide bonds. The SMILES string of the molecule is CN1C(=O)[C@@H](CC(=O)Nc2ccccc2)N(CCc2ccccc2F)C1=S. The van der Waals surface area contributed by atoms with Gasteiger partial charge in [-0.15, -0.1) is 0 Å². The Hall–Kier alpha value is -2.80. The van der Waals surface area contributed by atoms with E-state index >= 15 is 0 Å². The highest BCUT2D eigenvalue weighted by Crippen LogP contribution is 2.21. The van der Waals surface area contributed by atoms with E-state index in [9.17, 15) is 14.0 Å². The van der Waals surface area contributed by atoms with Gasteiger partial charge in [-0.1, -0.05) is 36.4 Å². The number of amides is 2. The number of halogens is 1. The Labute approximate surface area is 162 Å². The maximum absolute atomic E-state index is 13.9. The van der Waals surface area contributed by atoms with Crippen molar-refractivity contribution in [3.8, 4) is 0 Å². The van der Waals surface area contributed by atoms with E-state index in [4.69, 9.17) is 12.2 Å². The zero-order valence-electron chi connectivity index (χ0n) is 14.9. The molecule has 0 radical (unpaired) electrons. The molecule has 7 heteroatoms. The first-order valence-electron chi connectivity index (χ1n) is 8.64. The normalized spacial score (nSPS) is 16.7. The Bertz CT molecular complexity index is 859. The van der Waals surface area contributed by atoms with Crippen molar-refractivity contribution < 1.29 is 14.0 Å². The molecule has 1 aliphatic rings. The molecule has 0 saturated carbocycles. The molecule has 0 aromatic heterocycles. The Kier molecular flexibility index (Phi) is 5.81. The van der Waals surface area contributed by atoms with Gasteiger partial charge in [-0.25, -0.2) is 4.39 Å². The second-order valence-electron chi connectivity index (χ2n) is 6.35. The van der Waals surface area contributed by atoms with E-state index in [0.717, 1.165) is 0 Å². The number of nitrogens with zero attached hydrogens (tertiary/aromatic N) is 2. The number of nitrogens with one attached hydrogen (secondary N) is 1. The minimum Gasteiger partial charge on any atom is -0.336 e. The number of hydrogen-bond acceptors (Lipinski definition) is 3. The van der Waals surface area contributed by atoms with Gasteiger partial charge in [0.1, 0.15) is 11.9 Å². The first-order chi connectivity index (χ1) is 13.0. The maximum Gasteiger partial charge on any atom is 0.251 e. The zero-order valence-corrected chi connectivity index (χ0v) is 15.7. The Morgan fingerprint density at radius 2 is 1.81 bits per heavy atom.